The van der Waals surface area contributed by atoms with Gasteiger partial charge in [0.1, 0.15) is 28.6 Å². The van der Waals surface area contributed by atoms with Crippen LogP contribution in [0.2, 0.25) is 0 Å². The Morgan fingerprint density at radius 2 is 1.74 bits per heavy atom. The lowest BCUT2D eigenvalue weighted by Gasteiger charge is -2.13. The number of rotatable bonds is 6. The Kier molecular flexibility index (Phi) is 7.66. The fourth-order valence-electron chi connectivity index (χ4n) is 2.42. The van der Waals surface area contributed by atoms with Gasteiger partial charge >= 0.3 is 0 Å². The van der Waals surface area contributed by atoms with E-state index in [-0.39, 0.29) is 41.6 Å². The molecule has 0 amide bonds. The van der Waals surface area contributed by atoms with Crippen LogP contribution in [0.5, 0.6) is 23.0 Å². The SMILES string of the molecule is C.COc1cc(O)c(CC=C(C)C)c(O)c1C(=O)/C=C/c1ccc(O)cc1. The maximum Gasteiger partial charge on any atom is 0.193 e. The van der Waals surface area contributed by atoms with E-state index in [0.29, 0.717) is 6.42 Å². The predicted octanol–water partition coefficient (Wildman–Crippen LogP) is 4.85. The summed E-state index contributed by atoms with van der Waals surface area (Å²) in [6, 6.07) is 7.68. The van der Waals surface area contributed by atoms with Gasteiger partial charge in [-0.25, -0.2) is 0 Å². The van der Waals surface area contributed by atoms with Crippen molar-refractivity contribution in [3.05, 3.63) is 64.7 Å². The minimum Gasteiger partial charge on any atom is -0.508 e. The van der Waals surface area contributed by atoms with Crippen LogP contribution in [0.15, 0.2) is 48.1 Å². The third-order valence-electron chi connectivity index (χ3n) is 3.85. The summed E-state index contributed by atoms with van der Waals surface area (Å²) in [5.41, 5.74) is 2.02. The molecular weight excluding hydrogens is 344 g/mol. The third kappa shape index (κ3) is 5.38. The van der Waals surface area contributed by atoms with E-state index in [1.165, 1.54) is 31.4 Å². The molecule has 0 unspecified atom stereocenters. The van der Waals surface area contributed by atoms with E-state index in [1.54, 1.807) is 18.2 Å². The number of carbonyl (C=O) groups is 1. The van der Waals surface area contributed by atoms with Crippen LogP contribution in [-0.2, 0) is 6.42 Å². The molecule has 0 fully saturated rings. The Morgan fingerprint density at radius 3 is 2.30 bits per heavy atom. The van der Waals surface area contributed by atoms with Gasteiger partial charge in [0.2, 0.25) is 0 Å². The first-order valence-corrected chi connectivity index (χ1v) is 8.10. The number of phenolic OH excluding ortho intramolecular Hbond substituents is 3. The van der Waals surface area contributed by atoms with E-state index < -0.39 is 5.78 Å². The molecule has 0 spiro atoms. The number of ketones is 1. The largest absolute Gasteiger partial charge is 0.508 e. The average molecular weight is 370 g/mol. The average Bonchev–Trinajstić information content (AvgIpc) is 2.60. The molecule has 144 valence electrons. The van der Waals surface area contributed by atoms with Crippen molar-refractivity contribution >= 4 is 11.9 Å². The van der Waals surface area contributed by atoms with Gasteiger partial charge in [0.15, 0.2) is 5.78 Å². The van der Waals surface area contributed by atoms with Crippen LogP contribution in [0.1, 0.15) is 42.8 Å². The summed E-state index contributed by atoms with van der Waals surface area (Å²) in [6.45, 7) is 3.81. The molecule has 0 bridgehead atoms. The Labute approximate surface area is 159 Å². The number of allylic oxidation sites excluding steroid dienone is 3. The van der Waals surface area contributed by atoms with Crippen molar-refractivity contribution in [1.82, 2.24) is 0 Å². The summed E-state index contributed by atoms with van der Waals surface area (Å²) in [4.78, 5) is 12.6. The van der Waals surface area contributed by atoms with Crippen molar-refractivity contribution < 1.29 is 24.9 Å². The van der Waals surface area contributed by atoms with E-state index in [1.807, 2.05) is 19.9 Å². The molecule has 0 saturated carbocycles. The number of hydrogen-bond donors (Lipinski definition) is 3. The second kappa shape index (κ2) is 9.48. The van der Waals surface area contributed by atoms with Crippen molar-refractivity contribution in [2.24, 2.45) is 0 Å². The molecule has 0 radical (unpaired) electrons. The molecule has 2 aromatic carbocycles. The Hall–Kier alpha value is -3.21. The van der Waals surface area contributed by atoms with E-state index in [9.17, 15) is 20.1 Å². The standard InChI is InChI=1S/C21H22O5.CH4/c1-13(2)4-10-16-18(24)12-19(26-3)20(21(16)25)17(23)11-7-14-5-8-15(22)9-6-14;/h4-9,11-12,22,24-25H,10H2,1-3H3;1H4/b11-7+;. The lowest BCUT2D eigenvalue weighted by atomic mass is 9.99. The summed E-state index contributed by atoms with van der Waals surface area (Å²) in [6.07, 6.45) is 5.03. The zero-order chi connectivity index (χ0) is 19.3. The molecule has 3 N–H and O–H groups in total. The maximum atomic E-state index is 12.6. The molecule has 0 aromatic heterocycles. The van der Waals surface area contributed by atoms with E-state index in [4.69, 9.17) is 4.74 Å². The van der Waals surface area contributed by atoms with Crippen molar-refractivity contribution in [3.63, 3.8) is 0 Å². The minimum atomic E-state index is -0.453. The molecule has 27 heavy (non-hydrogen) atoms. The van der Waals surface area contributed by atoms with Crippen LogP contribution in [0.25, 0.3) is 6.08 Å². The number of carbonyl (C=O) groups excluding carboxylic acids is 1. The normalized spacial score (nSPS) is 10.3. The van der Waals surface area contributed by atoms with Gasteiger partial charge in [-0.05, 0) is 44.0 Å². The minimum absolute atomic E-state index is 0. The summed E-state index contributed by atoms with van der Waals surface area (Å²) in [5.74, 6) is -0.641. The topological polar surface area (TPSA) is 87.0 Å². The van der Waals surface area contributed by atoms with Crippen LogP contribution >= 0.6 is 0 Å². The van der Waals surface area contributed by atoms with Crippen molar-refractivity contribution in [2.75, 3.05) is 7.11 Å². The second-order valence-corrected chi connectivity index (χ2v) is 6.07. The zero-order valence-corrected chi connectivity index (χ0v) is 15.0. The first-order valence-electron chi connectivity index (χ1n) is 8.10. The predicted molar refractivity (Wildman–Crippen MR) is 108 cm³/mol. The molecule has 5 heteroatoms. The van der Waals surface area contributed by atoms with Gasteiger partial charge < -0.3 is 20.1 Å². The summed E-state index contributed by atoms with van der Waals surface area (Å²) >= 11 is 0. The fourth-order valence-corrected chi connectivity index (χ4v) is 2.42. The highest BCUT2D eigenvalue weighted by molar-refractivity contribution is 6.11. The van der Waals surface area contributed by atoms with Crippen LogP contribution < -0.4 is 4.74 Å². The highest BCUT2D eigenvalue weighted by atomic mass is 16.5. The lowest BCUT2D eigenvalue weighted by Crippen LogP contribution is -2.02. The van der Waals surface area contributed by atoms with E-state index in [2.05, 4.69) is 0 Å². The quantitative estimate of drug-likeness (QED) is 0.384. The summed E-state index contributed by atoms with van der Waals surface area (Å²) < 4.78 is 5.15. The van der Waals surface area contributed by atoms with Crippen LogP contribution in [0, 0.1) is 0 Å². The van der Waals surface area contributed by atoms with Gasteiger partial charge in [0.05, 0.1) is 7.11 Å². The monoisotopic (exact) mass is 370 g/mol. The number of benzene rings is 2. The van der Waals surface area contributed by atoms with E-state index in [0.717, 1.165) is 11.1 Å². The number of hydrogen-bond acceptors (Lipinski definition) is 5. The van der Waals surface area contributed by atoms with Gasteiger partial charge in [-0.2, -0.15) is 0 Å². The maximum absolute atomic E-state index is 12.6. The molecule has 2 rings (SSSR count). The lowest BCUT2D eigenvalue weighted by molar-refractivity contribution is 0.104. The van der Waals surface area contributed by atoms with Gasteiger partial charge in [-0.15, -0.1) is 0 Å². The molecule has 0 atom stereocenters. The van der Waals surface area contributed by atoms with Crippen LogP contribution in [-0.4, -0.2) is 28.2 Å². The van der Waals surface area contributed by atoms with Gasteiger partial charge in [-0.1, -0.05) is 37.3 Å². The molecule has 0 aliphatic rings. The molecule has 2 aromatic rings. The first kappa shape index (κ1) is 21.8. The van der Waals surface area contributed by atoms with Gasteiger partial charge in [0, 0.05) is 11.6 Å². The summed E-state index contributed by atoms with van der Waals surface area (Å²) in [7, 11) is 1.37. The third-order valence-corrected chi connectivity index (χ3v) is 3.85. The second-order valence-electron chi connectivity index (χ2n) is 6.07. The highest BCUT2D eigenvalue weighted by Gasteiger charge is 2.21. The molecule has 0 aliphatic carbocycles. The molecule has 0 saturated heterocycles. The Balaban J connectivity index is 0.00000364. The fraction of sp³-hybridized carbons (Fsp3) is 0.227. The number of methoxy groups -OCH3 is 1. The number of aromatic hydroxyl groups is 3. The van der Waals surface area contributed by atoms with Crippen LogP contribution in [0.4, 0.5) is 0 Å². The number of phenols is 3. The molecule has 5 nitrogen and oxygen atoms in total. The van der Waals surface area contributed by atoms with Gasteiger partial charge in [-0.3, -0.25) is 4.79 Å². The highest BCUT2D eigenvalue weighted by Crippen LogP contribution is 2.39. The molecular formula is C22H26O5. The first-order chi connectivity index (χ1) is 12.3. The van der Waals surface area contributed by atoms with Crippen molar-refractivity contribution in [3.8, 4) is 23.0 Å². The Morgan fingerprint density at radius 1 is 1.11 bits per heavy atom. The smallest absolute Gasteiger partial charge is 0.193 e. The van der Waals surface area contributed by atoms with Crippen molar-refractivity contribution in [2.45, 2.75) is 27.7 Å². The number of ether oxygens (including phenoxy) is 1. The molecule has 0 aliphatic heterocycles. The van der Waals surface area contributed by atoms with Crippen LogP contribution in [0.3, 0.4) is 0 Å². The molecule has 0 heterocycles. The van der Waals surface area contributed by atoms with E-state index >= 15 is 0 Å². The van der Waals surface area contributed by atoms with Gasteiger partial charge in [0.25, 0.3) is 0 Å². The van der Waals surface area contributed by atoms with Crippen molar-refractivity contribution in [1.29, 1.82) is 0 Å². The zero-order valence-electron chi connectivity index (χ0n) is 15.0. The Bertz CT molecular complexity index is 857. The summed E-state index contributed by atoms with van der Waals surface area (Å²) in [5, 5.41) is 30.0.